The van der Waals surface area contributed by atoms with Crippen LogP contribution in [-0.2, 0) is 0 Å². The predicted octanol–water partition coefficient (Wildman–Crippen LogP) is 3.08. The molecule has 0 heterocycles. The second kappa shape index (κ2) is 9.00. The van der Waals surface area contributed by atoms with Crippen molar-refractivity contribution in [2.45, 2.75) is 52.4 Å². The first kappa shape index (κ1) is 15.9. The van der Waals surface area contributed by atoms with Gasteiger partial charge in [0.05, 0.1) is 0 Å². The topological polar surface area (TPSA) is 40.5 Å². The number of hydrogen-bond donors (Lipinski definition) is 2. The van der Waals surface area contributed by atoms with E-state index in [4.69, 9.17) is 10.2 Å². The van der Waals surface area contributed by atoms with E-state index in [-0.39, 0.29) is 0 Å². The Hall–Kier alpha value is -0.0800. The van der Waals surface area contributed by atoms with E-state index in [2.05, 4.69) is 0 Å². The number of aliphatic hydroxyl groups is 2. The highest BCUT2D eigenvalue weighted by Crippen LogP contribution is 2.53. The number of rotatable bonds is 0. The molecule has 4 saturated carbocycles. The first-order valence-corrected chi connectivity index (χ1v) is 6.79. The van der Waals surface area contributed by atoms with E-state index in [1.807, 2.05) is 13.8 Å². The molecule has 4 rings (SSSR count). The molecule has 16 heavy (non-hydrogen) atoms. The summed E-state index contributed by atoms with van der Waals surface area (Å²) in [5.41, 5.74) is 0. The molecule has 0 amide bonds. The lowest BCUT2D eigenvalue weighted by Gasteiger charge is -2.49. The molecule has 4 fully saturated rings. The third-order valence-corrected chi connectivity index (χ3v) is 4.00. The van der Waals surface area contributed by atoms with Crippen LogP contribution in [0.15, 0.2) is 0 Å². The molecule has 0 radical (unpaired) electrons. The first-order valence-electron chi connectivity index (χ1n) is 6.79. The summed E-state index contributed by atoms with van der Waals surface area (Å²) >= 11 is 0. The van der Waals surface area contributed by atoms with Gasteiger partial charge in [0.25, 0.3) is 0 Å². The minimum atomic E-state index is 1.00. The van der Waals surface area contributed by atoms with Crippen LogP contribution < -0.4 is 0 Å². The van der Waals surface area contributed by atoms with Gasteiger partial charge in [-0.25, -0.2) is 0 Å². The third-order valence-electron chi connectivity index (χ3n) is 4.00. The van der Waals surface area contributed by atoms with Gasteiger partial charge in [-0.1, -0.05) is 13.8 Å². The smallest absolute Gasteiger partial charge is 0.0319 e. The second-order valence-electron chi connectivity index (χ2n) is 4.88. The van der Waals surface area contributed by atoms with Crippen LogP contribution in [0.1, 0.15) is 52.4 Å². The Morgan fingerprint density at radius 3 is 0.750 bits per heavy atom. The minimum Gasteiger partial charge on any atom is -0.400 e. The Morgan fingerprint density at radius 2 is 0.625 bits per heavy atom. The van der Waals surface area contributed by atoms with Crippen molar-refractivity contribution in [2.75, 3.05) is 14.2 Å². The Balaban J connectivity index is 0.000000332. The van der Waals surface area contributed by atoms with Crippen LogP contribution in [0.25, 0.3) is 0 Å². The Bertz CT molecular complexity index is 100. The van der Waals surface area contributed by atoms with Crippen molar-refractivity contribution < 1.29 is 10.2 Å². The van der Waals surface area contributed by atoms with Crippen molar-refractivity contribution in [1.29, 1.82) is 0 Å². The molecule has 0 atom stereocenters. The molecule has 0 spiro atoms. The van der Waals surface area contributed by atoms with Gasteiger partial charge in [0.2, 0.25) is 0 Å². The van der Waals surface area contributed by atoms with Gasteiger partial charge >= 0.3 is 0 Å². The van der Waals surface area contributed by atoms with Crippen molar-refractivity contribution in [3.05, 3.63) is 0 Å². The zero-order chi connectivity index (χ0) is 12.6. The molecule has 4 aliphatic rings. The lowest BCUT2D eigenvalue weighted by atomic mass is 9.56. The van der Waals surface area contributed by atoms with Gasteiger partial charge in [0, 0.05) is 14.2 Å². The molecule has 2 nitrogen and oxygen atoms in total. The summed E-state index contributed by atoms with van der Waals surface area (Å²) in [6.45, 7) is 4.00. The summed E-state index contributed by atoms with van der Waals surface area (Å²) in [6.07, 6.45) is 9.62. The number of hydrogen-bond acceptors (Lipinski definition) is 2. The molecule has 0 saturated heterocycles. The van der Waals surface area contributed by atoms with Crippen LogP contribution in [-0.4, -0.2) is 24.4 Å². The van der Waals surface area contributed by atoms with E-state index < -0.39 is 0 Å². The normalized spacial score (nSPS) is 37.1. The summed E-state index contributed by atoms with van der Waals surface area (Å²) in [7, 11) is 2.00. The van der Waals surface area contributed by atoms with Crippen LogP contribution in [0.2, 0.25) is 0 Å². The zero-order valence-corrected chi connectivity index (χ0v) is 11.4. The fourth-order valence-corrected chi connectivity index (χ4v) is 3.98. The van der Waals surface area contributed by atoms with Crippen molar-refractivity contribution >= 4 is 0 Å². The molecule has 0 aliphatic heterocycles. The van der Waals surface area contributed by atoms with E-state index >= 15 is 0 Å². The van der Waals surface area contributed by atoms with Crippen LogP contribution in [0.4, 0.5) is 0 Å². The number of aliphatic hydroxyl groups excluding tert-OH is 2. The van der Waals surface area contributed by atoms with Crippen molar-refractivity contribution in [2.24, 2.45) is 23.7 Å². The van der Waals surface area contributed by atoms with E-state index in [1.165, 1.54) is 23.7 Å². The lowest BCUT2D eigenvalue weighted by molar-refractivity contribution is 0.0198. The van der Waals surface area contributed by atoms with Gasteiger partial charge in [-0.3, -0.25) is 0 Å². The van der Waals surface area contributed by atoms with Crippen LogP contribution in [0.3, 0.4) is 0 Å². The van der Waals surface area contributed by atoms with Crippen molar-refractivity contribution in [3.63, 3.8) is 0 Å². The standard InChI is InChI=1S/C10H16.C2H6.2CH4O/c1-7-2-9-4-8(1)5-10(3-7)6-9;3*1-2/h7-10H,1-6H2;1-2H3;2*2H,1H3. The quantitative estimate of drug-likeness (QED) is 0.671. The SMILES string of the molecule is C1C2CC3CC1CC(C2)C3.CC.CO.CO. The summed E-state index contributed by atoms with van der Waals surface area (Å²) in [5, 5.41) is 14.0. The van der Waals surface area contributed by atoms with Gasteiger partial charge in [0.15, 0.2) is 0 Å². The molecule has 0 aromatic rings. The van der Waals surface area contributed by atoms with E-state index in [0.29, 0.717) is 0 Å². The minimum absolute atomic E-state index is 1.00. The molecular weight excluding hydrogens is 200 g/mol. The Labute approximate surface area is 101 Å². The third kappa shape index (κ3) is 4.06. The van der Waals surface area contributed by atoms with Gasteiger partial charge in [-0.15, -0.1) is 0 Å². The van der Waals surface area contributed by atoms with Gasteiger partial charge in [-0.05, 0) is 62.2 Å². The highest BCUT2D eigenvalue weighted by molar-refractivity contribution is 4.92. The maximum atomic E-state index is 7.00. The van der Waals surface area contributed by atoms with Crippen molar-refractivity contribution in [3.8, 4) is 0 Å². The monoisotopic (exact) mass is 230 g/mol. The first-order chi connectivity index (χ1) is 7.90. The second-order valence-corrected chi connectivity index (χ2v) is 4.88. The van der Waals surface area contributed by atoms with E-state index in [0.717, 1.165) is 14.2 Å². The molecule has 0 aromatic heterocycles. The molecule has 4 aliphatic carbocycles. The maximum absolute atomic E-state index is 7.00. The van der Waals surface area contributed by atoms with Gasteiger partial charge in [0.1, 0.15) is 0 Å². The fraction of sp³-hybridized carbons (Fsp3) is 1.00. The molecule has 0 unspecified atom stereocenters. The summed E-state index contributed by atoms with van der Waals surface area (Å²) < 4.78 is 0. The molecule has 98 valence electrons. The average molecular weight is 230 g/mol. The van der Waals surface area contributed by atoms with Gasteiger partial charge in [-0.2, -0.15) is 0 Å². The molecular formula is C14H30O2. The largest absolute Gasteiger partial charge is 0.400 e. The predicted molar refractivity (Wildman–Crippen MR) is 69.3 cm³/mol. The van der Waals surface area contributed by atoms with E-state index in [1.54, 1.807) is 38.5 Å². The fourth-order valence-electron chi connectivity index (χ4n) is 3.98. The Morgan fingerprint density at radius 1 is 0.500 bits per heavy atom. The van der Waals surface area contributed by atoms with Gasteiger partial charge < -0.3 is 10.2 Å². The summed E-state index contributed by atoms with van der Waals surface area (Å²) in [6, 6.07) is 0. The van der Waals surface area contributed by atoms with Crippen molar-refractivity contribution in [1.82, 2.24) is 0 Å². The van der Waals surface area contributed by atoms with Crippen LogP contribution in [0, 0.1) is 23.7 Å². The Kier molecular flexibility index (Phi) is 8.96. The van der Waals surface area contributed by atoms with E-state index in [9.17, 15) is 0 Å². The maximum Gasteiger partial charge on any atom is 0.0319 e. The molecule has 4 bridgehead atoms. The van der Waals surface area contributed by atoms with Crippen LogP contribution in [0.5, 0.6) is 0 Å². The summed E-state index contributed by atoms with van der Waals surface area (Å²) in [5.74, 6) is 4.71. The highest BCUT2D eigenvalue weighted by atomic mass is 16.2. The molecule has 2 N–H and O–H groups in total. The van der Waals surface area contributed by atoms with Crippen LogP contribution >= 0.6 is 0 Å². The average Bonchev–Trinajstić information content (AvgIpc) is 2.35. The highest BCUT2D eigenvalue weighted by Gasteiger charge is 2.41. The molecule has 2 heteroatoms. The molecule has 0 aromatic carbocycles. The summed E-state index contributed by atoms with van der Waals surface area (Å²) in [4.78, 5) is 0. The lowest BCUT2D eigenvalue weighted by Crippen LogP contribution is -2.38. The zero-order valence-electron chi connectivity index (χ0n) is 11.4.